The summed E-state index contributed by atoms with van der Waals surface area (Å²) in [5, 5.41) is 2.83. The fraction of sp³-hybridized carbons (Fsp3) is 0.364. The van der Waals surface area contributed by atoms with Gasteiger partial charge in [0.25, 0.3) is 5.91 Å². The third-order valence-electron chi connectivity index (χ3n) is 2.21. The molecule has 5 N–H and O–H groups in total. The molecule has 0 aliphatic heterocycles. The summed E-state index contributed by atoms with van der Waals surface area (Å²) in [6.07, 6.45) is 1.33. The number of amides is 2. The number of pyridine rings is 1. The minimum atomic E-state index is -0.759. The van der Waals surface area contributed by atoms with E-state index < -0.39 is 17.4 Å². The largest absolute Gasteiger partial charge is 0.397 e. The van der Waals surface area contributed by atoms with Gasteiger partial charge in [0.05, 0.1) is 17.4 Å². The number of carbonyl (C=O) groups excluding carboxylic acids is 2. The highest BCUT2D eigenvalue weighted by Crippen LogP contribution is 2.17. The highest BCUT2D eigenvalue weighted by Gasteiger charge is 2.24. The first-order valence-electron chi connectivity index (χ1n) is 5.23. The van der Waals surface area contributed by atoms with Crippen molar-refractivity contribution in [2.75, 3.05) is 5.73 Å². The van der Waals surface area contributed by atoms with Crippen molar-refractivity contribution in [3.05, 3.63) is 23.0 Å². The monoisotopic (exact) mass is 270 g/mol. The lowest BCUT2D eigenvalue weighted by atomic mass is 9.99. The molecule has 1 heterocycles. The quantitative estimate of drug-likeness (QED) is 0.699. The van der Waals surface area contributed by atoms with Crippen molar-refractivity contribution in [2.24, 2.45) is 5.73 Å². The molecule has 0 aliphatic rings. The average Bonchev–Trinajstić information content (AvgIpc) is 2.18. The van der Waals surface area contributed by atoms with Crippen LogP contribution in [0.25, 0.3) is 0 Å². The van der Waals surface area contributed by atoms with Gasteiger partial charge in [-0.1, -0.05) is 11.6 Å². The summed E-state index contributed by atoms with van der Waals surface area (Å²) in [6, 6.07) is 1.37. The van der Waals surface area contributed by atoms with E-state index in [1.54, 1.807) is 13.8 Å². The van der Waals surface area contributed by atoms with Gasteiger partial charge in [-0.15, -0.1) is 0 Å². The van der Waals surface area contributed by atoms with Gasteiger partial charge in [0, 0.05) is 12.0 Å². The maximum Gasteiger partial charge on any atom is 0.253 e. The van der Waals surface area contributed by atoms with Crippen LogP contribution in [0.1, 0.15) is 30.6 Å². The van der Waals surface area contributed by atoms with E-state index in [1.165, 1.54) is 12.3 Å². The van der Waals surface area contributed by atoms with Crippen molar-refractivity contribution in [3.63, 3.8) is 0 Å². The van der Waals surface area contributed by atoms with E-state index in [4.69, 9.17) is 23.1 Å². The molecular weight excluding hydrogens is 256 g/mol. The molecule has 0 radical (unpaired) electrons. The van der Waals surface area contributed by atoms with Gasteiger partial charge in [-0.05, 0) is 19.9 Å². The van der Waals surface area contributed by atoms with E-state index in [-0.39, 0.29) is 22.8 Å². The highest BCUT2D eigenvalue weighted by molar-refractivity contribution is 6.29. The molecule has 0 saturated heterocycles. The molecule has 1 aromatic rings. The Labute approximate surface area is 110 Å². The summed E-state index contributed by atoms with van der Waals surface area (Å²) in [4.78, 5) is 26.6. The fourth-order valence-electron chi connectivity index (χ4n) is 1.49. The van der Waals surface area contributed by atoms with Crippen LogP contribution in [0.2, 0.25) is 5.15 Å². The molecule has 2 amide bonds. The smallest absolute Gasteiger partial charge is 0.253 e. The minimum absolute atomic E-state index is 0.0253. The molecular formula is C11H15ClN4O2. The van der Waals surface area contributed by atoms with Crippen molar-refractivity contribution >= 4 is 29.1 Å². The van der Waals surface area contributed by atoms with E-state index in [1.807, 2.05) is 0 Å². The van der Waals surface area contributed by atoms with Crippen LogP contribution >= 0.6 is 11.6 Å². The number of hydrogen-bond donors (Lipinski definition) is 3. The van der Waals surface area contributed by atoms with Crippen molar-refractivity contribution in [3.8, 4) is 0 Å². The number of nitrogens with one attached hydrogen (secondary N) is 1. The molecule has 0 saturated carbocycles. The Morgan fingerprint density at radius 3 is 2.67 bits per heavy atom. The Morgan fingerprint density at radius 2 is 2.11 bits per heavy atom. The van der Waals surface area contributed by atoms with Gasteiger partial charge in [-0.2, -0.15) is 0 Å². The normalized spacial score (nSPS) is 11.1. The summed E-state index contributed by atoms with van der Waals surface area (Å²) < 4.78 is 0. The lowest BCUT2D eigenvalue weighted by molar-refractivity contribution is -0.119. The lowest BCUT2D eigenvalue weighted by Crippen LogP contribution is -2.46. The molecule has 0 spiro atoms. The van der Waals surface area contributed by atoms with E-state index >= 15 is 0 Å². The molecule has 1 aromatic heterocycles. The Kier molecular flexibility index (Phi) is 4.13. The predicted molar refractivity (Wildman–Crippen MR) is 69.0 cm³/mol. The van der Waals surface area contributed by atoms with Gasteiger partial charge in [0.2, 0.25) is 5.91 Å². The Morgan fingerprint density at radius 1 is 1.50 bits per heavy atom. The highest BCUT2D eigenvalue weighted by atomic mass is 35.5. The summed E-state index contributed by atoms with van der Waals surface area (Å²) in [5.41, 5.74) is 10.4. The third-order valence-corrected chi connectivity index (χ3v) is 2.42. The first-order chi connectivity index (χ1) is 8.21. The third kappa shape index (κ3) is 3.89. The van der Waals surface area contributed by atoms with Crippen LogP contribution in [0.5, 0.6) is 0 Å². The molecule has 18 heavy (non-hydrogen) atoms. The van der Waals surface area contributed by atoms with Crippen LogP contribution in [0.4, 0.5) is 5.69 Å². The fourth-order valence-corrected chi connectivity index (χ4v) is 1.65. The van der Waals surface area contributed by atoms with Crippen molar-refractivity contribution in [1.82, 2.24) is 10.3 Å². The van der Waals surface area contributed by atoms with Gasteiger partial charge in [0.1, 0.15) is 5.15 Å². The molecule has 0 aliphatic carbocycles. The average molecular weight is 271 g/mol. The second kappa shape index (κ2) is 5.22. The minimum Gasteiger partial charge on any atom is -0.397 e. The predicted octanol–water partition coefficient (Wildman–Crippen LogP) is 0.701. The molecule has 1 rings (SSSR count). The van der Waals surface area contributed by atoms with E-state index in [2.05, 4.69) is 10.3 Å². The molecule has 7 heteroatoms. The second-order valence-electron chi connectivity index (χ2n) is 4.58. The van der Waals surface area contributed by atoms with Crippen LogP contribution in [-0.2, 0) is 4.79 Å². The van der Waals surface area contributed by atoms with Crippen molar-refractivity contribution in [2.45, 2.75) is 25.8 Å². The number of rotatable bonds is 4. The SMILES string of the molecule is CC(C)(CC(N)=O)NC(=O)c1cc(Cl)ncc1N. The second-order valence-corrected chi connectivity index (χ2v) is 4.96. The molecule has 0 fully saturated rings. The van der Waals surface area contributed by atoms with Gasteiger partial charge < -0.3 is 16.8 Å². The number of halogens is 1. The lowest BCUT2D eigenvalue weighted by Gasteiger charge is -2.25. The van der Waals surface area contributed by atoms with E-state index in [0.717, 1.165) is 0 Å². The van der Waals surface area contributed by atoms with Crippen LogP contribution in [-0.4, -0.2) is 22.3 Å². The number of aromatic nitrogens is 1. The summed E-state index contributed by atoms with van der Waals surface area (Å²) in [6.45, 7) is 3.38. The number of nitrogens with zero attached hydrogens (tertiary/aromatic N) is 1. The zero-order valence-corrected chi connectivity index (χ0v) is 10.9. The Balaban J connectivity index is 2.88. The number of carbonyl (C=O) groups is 2. The van der Waals surface area contributed by atoms with Gasteiger partial charge in [-0.3, -0.25) is 9.59 Å². The van der Waals surface area contributed by atoms with Gasteiger partial charge >= 0.3 is 0 Å². The molecule has 0 atom stereocenters. The van der Waals surface area contributed by atoms with Crippen molar-refractivity contribution in [1.29, 1.82) is 0 Å². The molecule has 0 bridgehead atoms. The molecule has 6 nitrogen and oxygen atoms in total. The first-order valence-corrected chi connectivity index (χ1v) is 5.61. The Bertz CT molecular complexity index is 488. The molecule has 0 unspecified atom stereocenters. The van der Waals surface area contributed by atoms with Crippen molar-refractivity contribution < 1.29 is 9.59 Å². The van der Waals surface area contributed by atoms with Crippen LogP contribution in [0.3, 0.4) is 0 Å². The van der Waals surface area contributed by atoms with Crippen LogP contribution < -0.4 is 16.8 Å². The summed E-state index contributed by atoms with van der Waals surface area (Å²) >= 11 is 5.70. The number of primary amides is 1. The van der Waals surface area contributed by atoms with Gasteiger partial charge in [0.15, 0.2) is 0 Å². The number of nitrogen functional groups attached to an aromatic ring is 1. The Hall–Kier alpha value is -1.82. The number of hydrogen-bond acceptors (Lipinski definition) is 4. The zero-order valence-electron chi connectivity index (χ0n) is 10.2. The van der Waals surface area contributed by atoms with E-state index in [9.17, 15) is 9.59 Å². The maximum atomic E-state index is 12.0. The summed E-state index contributed by atoms with van der Waals surface area (Å²) in [7, 11) is 0. The summed E-state index contributed by atoms with van der Waals surface area (Å²) in [5.74, 6) is -0.927. The molecule has 98 valence electrons. The first kappa shape index (κ1) is 14.2. The van der Waals surface area contributed by atoms with Crippen LogP contribution in [0.15, 0.2) is 12.3 Å². The van der Waals surface area contributed by atoms with Gasteiger partial charge in [-0.25, -0.2) is 4.98 Å². The van der Waals surface area contributed by atoms with Crippen LogP contribution in [0, 0.1) is 0 Å². The zero-order chi connectivity index (χ0) is 13.9. The topological polar surface area (TPSA) is 111 Å². The maximum absolute atomic E-state index is 12.0. The molecule has 0 aromatic carbocycles. The standard InChI is InChI=1S/C11H15ClN4O2/c1-11(2,4-9(14)17)16-10(18)6-3-8(12)15-5-7(6)13/h3,5H,4,13H2,1-2H3,(H2,14,17)(H,16,18). The number of anilines is 1. The van der Waals surface area contributed by atoms with E-state index in [0.29, 0.717) is 0 Å². The number of nitrogens with two attached hydrogens (primary N) is 2.